The topological polar surface area (TPSA) is 72.4 Å². The number of ether oxygens (including phenoxy) is 1. The Kier molecular flexibility index (Phi) is 10.4. The number of methoxy groups -OCH3 is 1. The highest BCUT2D eigenvalue weighted by Gasteiger charge is 2.52. The number of nitrogens with one attached hydrogen (secondary N) is 1. The normalized spacial score (nSPS) is 16.6. The molecule has 254 valence electrons. The van der Waals surface area contributed by atoms with Crippen molar-refractivity contribution < 1.29 is 37.7 Å². The van der Waals surface area contributed by atoms with Gasteiger partial charge in [0.15, 0.2) is 5.82 Å². The van der Waals surface area contributed by atoms with Crippen molar-refractivity contribution in [3.8, 4) is 5.75 Å². The predicted molar refractivity (Wildman–Crippen MR) is 193 cm³/mol. The molecule has 0 fully saturated rings. The lowest BCUT2D eigenvalue weighted by Gasteiger charge is -2.45. The zero-order valence-electron chi connectivity index (χ0n) is 28.8. The van der Waals surface area contributed by atoms with Crippen LogP contribution >= 0.6 is 0 Å². The van der Waals surface area contributed by atoms with Gasteiger partial charge in [0.2, 0.25) is 0 Å². The van der Waals surface area contributed by atoms with E-state index in [4.69, 9.17) is 24.1 Å². The average molecular weight is 785 g/mol. The second-order valence-electron chi connectivity index (χ2n) is 13.9. The summed E-state index contributed by atoms with van der Waals surface area (Å²) >= 11 is 0. The molecule has 0 spiro atoms. The lowest BCUT2D eigenvalue weighted by atomic mass is 10.1. The highest BCUT2D eigenvalue weighted by molar-refractivity contribution is 6.99. The molecule has 1 atom stereocenters. The van der Waals surface area contributed by atoms with Crippen LogP contribution in [0, 0.1) is 0 Å². The Bertz CT molecular complexity index is 1820. The van der Waals surface area contributed by atoms with Gasteiger partial charge in [-0.3, -0.25) is 4.98 Å². The molecule has 2 aromatic heterocycles. The first-order valence-corrected chi connectivity index (χ1v) is 18.8. The van der Waals surface area contributed by atoms with Gasteiger partial charge in [0.05, 0.1) is 19.2 Å². The van der Waals surface area contributed by atoms with Gasteiger partial charge >= 0.3 is 0 Å². The number of pyridine rings is 1. The molecular formula is C39H45IN6O2Si. The molecule has 10 heteroatoms. The van der Waals surface area contributed by atoms with Crippen LogP contribution in [-0.2, 0) is 30.6 Å². The fraction of sp³-hybridized carbons (Fsp3) is 0.308. The van der Waals surface area contributed by atoms with E-state index in [-0.39, 0.29) is 29.0 Å². The molecule has 2 aliphatic heterocycles. The van der Waals surface area contributed by atoms with E-state index in [2.05, 4.69) is 110 Å². The van der Waals surface area contributed by atoms with Gasteiger partial charge in [0, 0.05) is 31.3 Å². The minimum Gasteiger partial charge on any atom is -1.00 e. The number of hydrogen-bond donors (Lipinski definition) is 1. The van der Waals surface area contributed by atoms with Gasteiger partial charge in [-0.2, -0.15) is 5.01 Å². The maximum Gasteiger partial charge on any atom is 0.261 e. The van der Waals surface area contributed by atoms with Crippen molar-refractivity contribution in [3.63, 3.8) is 0 Å². The number of aromatic nitrogens is 3. The minimum absolute atomic E-state index is 0. The van der Waals surface area contributed by atoms with Crippen molar-refractivity contribution >= 4 is 30.3 Å². The third kappa shape index (κ3) is 6.71. The van der Waals surface area contributed by atoms with E-state index < -0.39 is 8.32 Å². The maximum atomic E-state index is 7.32. The van der Waals surface area contributed by atoms with Crippen molar-refractivity contribution in [3.05, 3.63) is 132 Å². The number of fused-ring (bicyclic) bond motifs is 4. The standard InChI is InChI=1S/C39H45N6O2Si.HI/c1-39(2,3)48(33-14-7-5-8-15-33,34-16-9-6-10-17-34)47-24-12-23-45-27-35-37(41-25-30-18-20-32(46-4)21-19-30)42-29-43-38(35)44(45)26-31-13-11-22-40-36(31)28-45;/h5-11,13-22,29H,12,23-28H2,1-4H3,(H,41,42,43);1H/q+1;/p-1. The molecule has 3 aromatic carbocycles. The molecule has 49 heavy (non-hydrogen) atoms. The van der Waals surface area contributed by atoms with Gasteiger partial charge in [0.25, 0.3) is 8.32 Å². The van der Waals surface area contributed by atoms with E-state index >= 15 is 0 Å². The third-order valence-corrected chi connectivity index (χ3v) is 15.0. The Labute approximate surface area is 308 Å². The average Bonchev–Trinajstić information content (AvgIpc) is 3.44. The smallest absolute Gasteiger partial charge is 0.261 e. The van der Waals surface area contributed by atoms with Gasteiger partial charge in [-0.05, 0) is 39.2 Å². The van der Waals surface area contributed by atoms with Crippen LogP contribution in [0.15, 0.2) is 110 Å². The molecule has 2 aliphatic rings. The summed E-state index contributed by atoms with van der Waals surface area (Å²) in [5, 5.41) is 8.66. The van der Waals surface area contributed by atoms with Gasteiger partial charge in [-0.1, -0.05) is 99.6 Å². The number of halogens is 1. The SMILES string of the molecule is COc1ccc(CNc2ncnc3c2C[N+]2(CCCO[Si](c4ccccc4)(c4ccccc4)C(C)(C)C)Cc4ncccc4CN32)cc1.[I-]. The van der Waals surface area contributed by atoms with E-state index in [0.717, 1.165) is 65.8 Å². The first kappa shape index (κ1) is 35.0. The van der Waals surface area contributed by atoms with Crippen LogP contribution < -0.4 is 49.4 Å². The van der Waals surface area contributed by atoms with Gasteiger partial charge in [-0.25, -0.2) is 14.6 Å². The first-order valence-electron chi connectivity index (χ1n) is 16.9. The predicted octanol–water partition coefficient (Wildman–Crippen LogP) is 3.23. The van der Waals surface area contributed by atoms with E-state index in [1.807, 2.05) is 24.4 Å². The first-order chi connectivity index (χ1) is 23.3. The zero-order valence-corrected chi connectivity index (χ0v) is 31.9. The number of rotatable bonds is 11. The molecule has 4 heterocycles. The van der Waals surface area contributed by atoms with Crippen LogP contribution in [0.25, 0.3) is 0 Å². The van der Waals surface area contributed by atoms with Crippen LogP contribution in [0.5, 0.6) is 5.75 Å². The largest absolute Gasteiger partial charge is 1.00 e. The molecule has 5 aromatic rings. The number of anilines is 2. The van der Waals surface area contributed by atoms with E-state index in [9.17, 15) is 0 Å². The molecule has 0 saturated heterocycles. The van der Waals surface area contributed by atoms with Crippen LogP contribution in [0.2, 0.25) is 5.04 Å². The van der Waals surface area contributed by atoms with Crippen LogP contribution in [-0.4, -0.2) is 48.1 Å². The Hall–Kier alpha value is -3.84. The number of nitrogens with zero attached hydrogens (tertiary/aromatic N) is 5. The summed E-state index contributed by atoms with van der Waals surface area (Å²) in [6.45, 7) is 11.6. The van der Waals surface area contributed by atoms with Gasteiger partial charge in [-0.15, -0.1) is 0 Å². The van der Waals surface area contributed by atoms with E-state index in [0.29, 0.717) is 13.2 Å². The lowest BCUT2D eigenvalue weighted by Crippen LogP contribution is -3.00. The fourth-order valence-corrected chi connectivity index (χ4v) is 12.2. The molecule has 7 rings (SSSR count). The molecular weight excluding hydrogens is 739 g/mol. The van der Waals surface area contributed by atoms with Gasteiger partial charge < -0.3 is 38.5 Å². The highest BCUT2D eigenvalue weighted by atomic mass is 127. The summed E-state index contributed by atoms with van der Waals surface area (Å²) in [4.78, 5) is 14.5. The summed E-state index contributed by atoms with van der Waals surface area (Å²) in [6.07, 6.45) is 4.52. The molecule has 0 aliphatic carbocycles. The summed E-state index contributed by atoms with van der Waals surface area (Å²) < 4.78 is 13.4. The molecule has 1 unspecified atom stereocenters. The van der Waals surface area contributed by atoms with Crippen molar-refractivity contribution in [1.82, 2.24) is 15.0 Å². The summed E-state index contributed by atoms with van der Waals surface area (Å²) in [7, 11) is -0.934. The molecule has 0 bridgehead atoms. The number of quaternary nitrogens is 1. The van der Waals surface area contributed by atoms with Crippen molar-refractivity contribution in [2.75, 3.05) is 30.6 Å². The third-order valence-electron chi connectivity index (χ3n) is 9.95. The molecule has 0 saturated carbocycles. The lowest BCUT2D eigenvalue weighted by molar-refractivity contribution is -0.959. The second kappa shape index (κ2) is 14.6. The van der Waals surface area contributed by atoms with Gasteiger partial charge in [0.1, 0.15) is 43.2 Å². The molecule has 1 N–H and O–H groups in total. The number of hydrogen-bond acceptors (Lipinski definition) is 7. The zero-order chi connectivity index (χ0) is 33.2. The quantitative estimate of drug-likeness (QED) is 0.0956. The Morgan fingerprint density at radius 1 is 0.837 bits per heavy atom. The molecule has 0 amide bonds. The van der Waals surface area contributed by atoms with E-state index in [1.54, 1.807) is 13.4 Å². The Morgan fingerprint density at radius 2 is 1.53 bits per heavy atom. The monoisotopic (exact) mass is 784 g/mol. The van der Waals surface area contributed by atoms with Crippen molar-refractivity contribution in [1.29, 1.82) is 0 Å². The summed E-state index contributed by atoms with van der Waals surface area (Å²) in [5.41, 5.74) is 4.75. The summed E-state index contributed by atoms with van der Waals surface area (Å²) in [5.74, 6) is 2.75. The van der Waals surface area contributed by atoms with Crippen molar-refractivity contribution in [2.24, 2.45) is 0 Å². The fourth-order valence-electron chi connectivity index (χ4n) is 7.62. The Morgan fingerprint density at radius 3 is 2.18 bits per heavy atom. The van der Waals surface area contributed by atoms with Crippen LogP contribution in [0.4, 0.5) is 11.6 Å². The molecule has 0 radical (unpaired) electrons. The summed E-state index contributed by atoms with van der Waals surface area (Å²) in [6, 6.07) is 34.2. The van der Waals surface area contributed by atoms with E-state index in [1.165, 1.54) is 21.5 Å². The van der Waals surface area contributed by atoms with Crippen LogP contribution in [0.3, 0.4) is 0 Å². The molecule has 8 nitrogen and oxygen atoms in total. The minimum atomic E-state index is -2.62. The maximum absolute atomic E-state index is 7.32. The van der Waals surface area contributed by atoms with Crippen molar-refractivity contribution in [2.45, 2.75) is 58.4 Å². The second-order valence-corrected chi connectivity index (χ2v) is 18.2. The Balaban J connectivity index is 0.00000417. The highest BCUT2D eigenvalue weighted by Crippen LogP contribution is 2.44. The van der Waals surface area contributed by atoms with Crippen LogP contribution in [0.1, 0.15) is 49.6 Å². The number of benzene rings is 3.